The van der Waals surface area contributed by atoms with Gasteiger partial charge in [-0.1, -0.05) is 43.5 Å². The fourth-order valence-corrected chi connectivity index (χ4v) is 2.42. The zero-order valence-electron chi connectivity index (χ0n) is 11.0. The van der Waals surface area contributed by atoms with Crippen LogP contribution in [0.4, 0.5) is 0 Å². The molecule has 0 fully saturated rings. The van der Waals surface area contributed by atoms with Gasteiger partial charge in [-0.2, -0.15) is 0 Å². The molecule has 0 aromatic heterocycles. The molecule has 0 saturated heterocycles. The van der Waals surface area contributed by atoms with E-state index in [4.69, 9.17) is 9.94 Å². The number of hydrogen-bond donors (Lipinski definition) is 1. The molecule has 1 aliphatic rings. The van der Waals surface area contributed by atoms with Crippen molar-refractivity contribution in [3.63, 3.8) is 0 Å². The molecule has 0 atom stereocenters. The van der Waals surface area contributed by atoms with Crippen LogP contribution in [-0.2, 0) is 6.42 Å². The van der Waals surface area contributed by atoms with Crippen molar-refractivity contribution < 1.29 is 9.94 Å². The van der Waals surface area contributed by atoms with E-state index in [0.29, 0.717) is 0 Å². The highest BCUT2D eigenvalue weighted by atomic mass is 16.5. The minimum absolute atomic E-state index is 0.779. The number of rotatable bonds is 6. The number of fused-ring (bicyclic) bond motifs is 1. The smallest absolute Gasteiger partial charge is 0.123 e. The number of unbranched alkanes of at least 4 members (excludes halogenated alkanes) is 3. The third-order valence-electron chi connectivity index (χ3n) is 3.43. The van der Waals surface area contributed by atoms with Crippen LogP contribution in [0.25, 0.3) is 0 Å². The first-order valence-electron chi connectivity index (χ1n) is 6.82. The molecular formula is C15H21NO2. The molecule has 1 aliphatic carbocycles. The first-order valence-corrected chi connectivity index (χ1v) is 6.82. The predicted molar refractivity (Wildman–Crippen MR) is 72.7 cm³/mol. The zero-order chi connectivity index (χ0) is 12.8. The fraction of sp³-hybridized carbons (Fsp3) is 0.533. The lowest BCUT2D eigenvalue weighted by Gasteiger charge is -2.10. The largest absolute Gasteiger partial charge is 0.493 e. The van der Waals surface area contributed by atoms with Crippen molar-refractivity contribution in [2.45, 2.75) is 45.4 Å². The second-order valence-electron chi connectivity index (χ2n) is 4.74. The average molecular weight is 247 g/mol. The molecule has 1 aromatic carbocycles. The molecule has 3 heteroatoms. The Balaban J connectivity index is 1.96. The Hall–Kier alpha value is -1.51. The lowest BCUT2D eigenvalue weighted by molar-refractivity contribution is 0.302. The highest BCUT2D eigenvalue weighted by molar-refractivity contribution is 6.04. The Morgan fingerprint density at radius 2 is 2.11 bits per heavy atom. The van der Waals surface area contributed by atoms with E-state index in [9.17, 15) is 0 Å². The number of hydrogen-bond acceptors (Lipinski definition) is 3. The van der Waals surface area contributed by atoms with Crippen molar-refractivity contribution in [1.29, 1.82) is 0 Å². The topological polar surface area (TPSA) is 41.8 Å². The van der Waals surface area contributed by atoms with Crippen molar-refractivity contribution in [3.05, 3.63) is 29.3 Å². The molecule has 0 bridgehead atoms. The maximum atomic E-state index is 8.92. The van der Waals surface area contributed by atoms with E-state index in [2.05, 4.69) is 12.1 Å². The van der Waals surface area contributed by atoms with Crippen molar-refractivity contribution in [3.8, 4) is 5.75 Å². The van der Waals surface area contributed by atoms with E-state index in [1.165, 1.54) is 24.8 Å². The van der Waals surface area contributed by atoms with Crippen molar-refractivity contribution in [2.75, 3.05) is 6.61 Å². The summed E-state index contributed by atoms with van der Waals surface area (Å²) in [5.74, 6) is 0.961. The fourth-order valence-electron chi connectivity index (χ4n) is 2.42. The Bertz CT molecular complexity index is 427. The summed E-state index contributed by atoms with van der Waals surface area (Å²) in [6, 6.07) is 5.98. The van der Waals surface area contributed by atoms with Crippen LogP contribution in [0.5, 0.6) is 5.75 Å². The molecule has 0 saturated carbocycles. The molecule has 1 aromatic rings. The van der Waals surface area contributed by atoms with Gasteiger partial charge in [0.2, 0.25) is 0 Å². The van der Waals surface area contributed by atoms with Gasteiger partial charge in [-0.3, -0.25) is 0 Å². The molecule has 0 unspecified atom stereocenters. The highest BCUT2D eigenvalue weighted by Gasteiger charge is 2.21. The first kappa shape index (κ1) is 12.9. The van der Waals surface area contributed by atoms with Gasteiger partial charge < -0.3 is 9.94 Å². The molecule has 3 nitrogen and oxygen atoms in total. The molecule has 0 radical (unpaired) electrons. The van der Waals surface area contributed by atoms with E-state index in [-0.39, 0.29) is 0 Å². The van der Waals surface area contributed by atoms with Gasteiger partial charge in [0.05, 0.1) is 12.3 Å². The molecule has 1 N–H and O–H groups in total. The third-order valence-corrected chi connectivity index (χ3v) is 3.43. The Morgan fingerprint density at radius 1 is 1.22 bits per heavy atom. The SMILES string of the molecule is CCCCCCOc1cccc2c1CC/C2=N\O. The van der Waals surface area contributed by atoms with E-state index in [1.807, 2.05) is 18.2 Å². The van der Waals surface area contributed by atoms with Crippen LogP contribution in [-0.4, -0.2) is 17.5 Å². The van der Waals surface area contributed by atoms with E-state index in [0.717, 1.165) is 42.9 Å². The van der Waals surface area contributed by atoms with Gasteiger partial charge in [0.25, 0.3) is 0 Å². The van der Waals surface area contributed by atoms with Crippen molar-refractivity contribution >= 4 is 5.71 Å². The maximum absolute atomic E-state index is 8.92. The van der Waals surface area contributed by atoms with Gasteiger partial charge in [-0.25, -0.2) is 0 Å². The second kappa shape index (κ2) is 6.43. The zero-order valence-corrected chi connectivity index (χ0v) is 11.0. The average Bonchev–Trinajstić information content (AvgIpc) is 2.82. The summed E-state index contributed by atoms with van der Waals surface area (Å²) in [6.45, 7) is 2.99. The van der Waals surface area contributed by atoms with E-state index in [1.54, 1.807) is 0 Å². The van der Waals surface area contributed by atoms with E-state index < -0.39 is 0 Å². The summed E-state index contributed by atoms with van der Waals surface area (Å²) in [5.41, 5.74) is 3.02. The van der Waals surface area contributed by atoms with Gasteiger partial charge >= 0.3 is 0 Å². The Labute approximate surface area is 108 Å². The molecule has 2 rings (SSSR count). The standard InChI is InChI=1S/C15H21NO2/c1-2-3-4-5-11-18-15-8-6-7-12-13(15)9-10-14(12)16-17/h6-8,17H,2-5,9-11H2,1H3/b16-14+. The first-order chi connectivity index (χ1) is 8.86. The highest BCUT2D eigenvalue weighted by Crippen LogP contribution is 2.31. The summed E-state index contributed by atoms with van der Waals surface area (Å²) in [7, 11) is 0. The van der Waals surface area contributed by atoms with Crippen LogP contribution in [0.1, 0.15) is 50.2 Å². The molecule has 0 amide bonds. The summed E-state index contributed by atoms with van der Waals surface area (Å²) >= 11 is 0. The monoisotopic (exact) mass is 247 g/mol. The molecule has 18 heavy (non-hydrogen) atoms. The van der Waals surface area contributed by atoms with Crippen LogP contribution >= 0.6 is 0 Å². The van der Waals surface area contributed by atoms with Gasteiger partial charge in [-0.15, -0.1) is 0 Å². The summed E-state index contributed by atoms with van der Waals surface area (Å²) in [4.78, 5) is 0. The van der Waals surface area contributed by atoms with Crippen LogP contribution in [0.3, 0.4) is 0 Å². The number of oxime groups is 1. The molecule has 0 spiro atoms. The number of benzene rings is 1. The van der Waals surface area contributed by atoms with Crippen molar-refractivity contribution in [1.82, 2.24) is 0 Å². The summed E-state index contributed by atoms with van der Waals surface area (Å²) < 4.78 is 5.85. The third kappa shape index (κ3) is 2.84. The van der Waals surface area contributed by atoms with Gasteiger partial charge in [0.1, 0.15) is 5.75 Å². The lowest BCUT2D eigenvalue weighted by Crippen LogP contribution is -2.00. The maximum Gasteiger partial charge on any atom is 0.123 e. The van der Waals surface area contributed by atoms with Crippen LogP contribution in [0.2, 0.25) is 0 Å². The minimum Gasteiger partial charge on any atom is -0.493 e. The molecule has 98 valence electrons. The molecule has 0 heterocycles. The normalized spacial score (nSPS) is 15.9. The van der Waals surface area contributed by atoms with E-state index >= 15 is 0 Å². The van der Waals surface area contributed by atoms with Crippen LogP contribution < -0.4 is 4.74 Å². The summed E-state index contributed by atoms with van der Waals surface area (Å²) in [6.07, 6.45) is 6.59. The quantitative estimate of drug-likeness (QED) is 0.472. The number of nitrogens with zero attached hydrogens (tertiary/aromatic N) is 1. The van der Waals surface area contributed by atoms with Gasteiger partial charge in [0, 0.05) is 11.1 Å². The Kier molecular flexibility index (Phi) is 4.62. The van der Waals surface area contributed by atoms with Gasteiger partial charge in [-0.05, 0) is 25.3 Å². The second-order valence-corrected chi connectivity index (χ2v) is 4.74. The minimum atomic E-state index is 0.779. The van der Waals surface area contributed by atoms with Crippen LogP contribution in [0.15, 0.2) is 23.4 Å². The predicted octanol–water partition coefficient (Wildman–Crippen LogP) is 3.77. The van der Waals surface area contributed by atoms with Crippen molar-refractivity contribution in [2.24, 2.45) is 5.16 Å². The lowest BCUT2D eigenvalue weighted by atomic mass is 10.1. The molecular weight excluding hydrogens is 226 g/mol. The Morgan fingerprint density at radius 3 is 2.89 bits per heavy atom. The van der Waals surface area contributed by atoms with Crippen LogP contribution in [0, 0.1) is 0 Å². The number of ether oxygens (including phenoxy) is 1. The summed E-state index contributed by atoms with van der Waals surface area (Å²) in [5, 5.41) is 12.3. The van der Waals surface area contributed by atoms with Gasteiger partial charge in [0.15, 0.2) is 0 Å². The molecule has 0 aliphatic heterocycles.